The van der Waals surface area contributed by atoms with Gasteiger partial charge in [-0.05, 0) is 25.5 Å². The van der Waals surface area contributed by atoms with Crippen LogP contribution in [0.4, 0.5) is 17.1 Å². The topological polar surface area (TPSA) is 133 Å². The van der Waals surface area contributed by atoms with E-state index in [0.717, 1.165) is 6.20 Å². The van der Waals surface area contributed by atoms with Gasteiger partial charge in [-0.15, -0.1) is 0 Å². The number of anilines is 1. The van der Waals surface area contributed by atoms with E-state index in [-0.39, 0.29) is 30.2 Å². The molecular weight excluding hydrogens is 318 g/mol. The molecule has 10 nitrogen and oxygen atoms in total. The molecule has 0 aliphatic carbocycles. The Morgan fingerprint density at radius 1 is 1.25 bits per heavy atom. The minimum atomic E-state index is -0.529. The molecule has 0 saturated carbocycles. The Balaban J connectivity index is 1.99. The Hall–Kier alpha value is -3.30. The minimum absolute atomic E-state index is 0.0509. The van der Waals surface area contributed by atoms with Gasteiger partial charge in [0, 0.05) is 24.2 Å². The first kappa shape index (κ1) is 17.1. The molecule has 2 aromatic rings. The Kier molecular flexibility index (Phi) is 4.87. The van der Waals surface area contributed by atoms with Crippen molar-refractivity contribution in [2.75, 3.05) is 5.32 Å². The highest BCUT2D eigenvalue weighted by atomic mass is 16.6. The lowest BCUT2D eigenvalue weighted by Gasteiger charge is -2.08. The van der Waals surface area contributed by atoms with Crippen molar-refractivity contribution in [2.24, 2.45) is 0 Å². The zero-order valence-corrected chi connectivity index (χ0v) is 13.1. The van der Waals surface area contributed by atoms with Gasteiger partial charge in [0.25, 0.3) is 5.69 Å². The van der Waals surface area contributed by atoms with Gasteiger partial charge in [0.15, 0.2) is 0 Å². The van der Waals surface area contributed by atoms with Crippen LogP contribution in [-0.2, 0) is 11.3 Å². The summed E-state index contributed by atoms with van der Waals surface area (Å²) in [6.07, 6.45) is 1.21. The number of hydrogen-bond acceptors (Lipinski definition) is 6. The molecule has 0 radical (unpaired) electrons. The number of nitro benzene ring substituents is 1. The molecular formula is C14H15N5O5. The van der Waals surface area contributed by atoms with Crippen LogP contribution in [0.5, 0.6) is 0 Å². The molecule has 1 N–H and O–H groups in total. The standard InChI is InChI=1S/C14H15N5O5/c1-9-7-11(18(21)22)3-4-12(9)16-14(20)5-6-17-10(2)13(8-15-17)19(23)24/h3-4,7-8H,5-6H2,1-2H3,(H,16,20). The number of nitrogens with zero attached hydrogens (tertiary/aromatic N) is 4. The number of aryl methyl sites for hydroxylation is 2. The molecule has 1 aromatic heterocycles. The average Bonchev–Trinajstić information content (AvgIpc) is 2.88. The van der Waals surface area contributed by atoms with Gasteiger partial charge in [-0.2, -0.15) is 5.10 Å². The van der Waals surface area contributed by atoms with Gasteiger partial charge in [0.2, 0.25) is 5.91 Å². The zero-order chi connectivity index (χ0) is 17.9. The minimum Gasteiger partial charge on any atom is -0.326 e. The van der Waals surface area contributed by atoms with Crippen molar-refractivity contribution < 1.29 is 14.6 Å². The number of nitrogens with one attached hydrogen (secondary N) is 1. The second-order valence-electron chi connectivity index (χ2n) is 5.15. The van der Waals surface area contributed by atoms with Gasteiger partial charge < -0.3 is 5.32 Å². The van der Waals surface area contributed by atoms with Gasteiger partial charge >= 0.3 is 5.69 Å². The number of aromatic nitrogens is 2. The zero-order valence-electron chi connectivity index (χ0n) is 13.1. The Morgan fingerprint density at radius 2 is 1.96 bits per heavy atom. The third kappa shape index (κ3) is 3.72. The first-order valence-electron chi connectivity index (χ1n) is 7.01. The lowest BCUT2D eigenvalue weighted by Crippen LogP contribution is -2.16. The molecule has 0 aliphatic heterocycles. The molecule has 0 aliphatic rings. The molecule has 0 fully saturated rings. The number of non-ortho nitro benzene ring substituents is 1. The SMILES string of the molecule is Cc1cc([N+](=O)[O-])ccc1NC(=O)CCn1ncc([N+](=O)[O-])c1C. The van der Waals surface area contributed by atoms with Crippen LogP contribution in [-0.4, -0.2) is 25.5 Å². The first-order chi connectivity index (χ1) is 11.3. The van der Waals surface area contributed by atoms with E-state index in [1.54, 1.807) is 13.8 Å². The van der Waals surface area contributed by atoms with Crippen molar-refractivity contribution in [1.82, 2.24) is 9.78 Å². The van der Waals surface area contributed by atoms with E-state index in [0.29, 0.717) is 16.9 Å². The fraction of sp³-hybridized carbons (Fsp3) is 0.286. The summed E-state index contributed by atoms with van der Waals surface area (Å²) < 4.78 is 1.39. The molecule has 0 spiro atoms. The van der Waals surface area contributed by atoms with E-state index >= 15 is 0 Å². The molecule has 0 atom stereocenters. The molecule has 1 amide bonds. The summed E-state index contributed by atoms with van der Waals surface area (Å²) in [6, 6.07) is 4.15. The Morgan fingerprint density at radius 3 is 2.50 bits per heavy atom. The summed E-state index contributed by atoms with van der Waals surface area (Å²) in [5.74, 6) is -0.315. The Labute approximate surface area is 136 Å². The van der Waals surface area contributed by atoms with Crippen LogP contribution in [0.25, 0.3) is 0 Å². The summed E-state index contributed by atoms with van der Waals surface area (Å²) in [5, 5.41) is 28.0. The average molecular weight is 333 g/mol. The van der Waals surface area contributed by atoms with Gasteiger partial charge in [-0.25, -0.2) is 0 Å². The number of benzene rings is 1. The molecule has 0 unspecified atom stereocenters. The third-order valence-electron chi connectivity index (χ3n) is 3.52. The number of hydrogen-bond donors (Lipinski definition) is 1. The number of nitro groups is 2. The van der Waals surface area contributed by atoms with E-state index in [1.807, 2.05) is 0 Å². The highest BCUT2D eigenvalue weighted by molar-refractivity contribution is 5.91. The summed E-state index contributed by atoms with van der Waals surface area (Å²) in [7, 11) is 0. The second kappa shape index (κ2) is 6.86. The second-order valence-corrected chi connectivity index (χ2v) is 5.15. The molecule has 24 heavy (non-hydrogen) atoms. The fourth-order valence-corrected chi connectivity index (χ4v) is 2.16. The van der Waals surface area contributed by atoms with E-state index in [9.17, 15) is 25.0 Å². The fourth-order valence-electron chi connectivity index (χ4n) is 2.16. The first-order valence-corrected chi connectivity index (χ1v) is 7.01. The van der Waals surface area contributed by atoms with Crippen LogP contribution in [0.3, 0.4) is 0 Å². The predicted molar refractivity (Wildman–Crippen MR) is 84.7 cm³/mol. The summed E-state index contributed by atoms with van der Waals surface area (Å²) in [4.78, 5) is 32.4. The number of amides is 1. The van der Waals surface area contributed by atoms with Crippen molar-refractivity contribution in [3.8, 4) is 0 Å². The molecule has 0 bridgehead atoms. The monoisotopic (exact) mass is 333 g/mol. The molecule has 1 aromatic carbocycles. The van der Waals surface area contributed by atoms with Crippen molar-refractivity contribution in [2.45, 2.75) is 26.8 Å². The van der Waals surface area contributed by atoms with E-state index in [4.69, 9.17) is 0 Å². The third-order valence-corrected chi connectivity index (χ3v) is 3.52. The normalized spacial score (nSPS) is 10.4. The van der Waals surface area contributed by atoms with Crippen LogP contribution in [0.2, 0.25) is 0 Å². The maximum Gasteiger partial charge on any atom is 0.309 e. The summed E-state index contributed by atoms with van der Waals surface area (Å²) >= 11 is 0. The molecule has 1 heterocycles. The molecule has 0 saturated heterocycles. The largest absolute Gasteiger partial charge is 0.326 e. The smallest absolute Gasteiger partial charge is 0.309 e. The molecule has 2 rings (SSSR count). The lowest BCUT2D eigenvalue weighted by molar-refractivity contribution is -0.385. The maximum absolute atomic E-state index is 12.0. The summed E-state index contributed by atoms with van der Waals surface area (Å²) in [5.41, 5.74) is 1.28. The van der Waals surface area contributed by atoms with Crippen LogP contribution >= 0.6 is 0 Å². The van der Waals surface area contributed by atoms with E-state index in [2.05, 4.69) is 10.4 Å². The highest BCUT2D eigenvalue weighted by Gasteiger charge is 2.17. The van der Waals surface area contributed by atoms with Gasteiger partial charge in [-0.3, -0.25) is 29.7 Å². The Bertz CT molecular complexity index is 814. The maximum atomic E-state index is 12.0. The molecule has 126 valence electrons. The van der Waals surface area contributed by atoms with E-state index in [1.165, 1.54) is 22.9 Å². The highest BCUT2D eigenvalue weighted by Crippen LogP contribution is 2.21. The van der Waals surface area contributed by atoms with Crippen molar-refractivity contribution in [3.05, 3.63) is 55.9 Å². The molecule has 10 heteroatoms. The van der Waals surface area contributed by atoms with Crippen molar-refractivity contribution >= 4 is 23.0 Å². The summed E-state index contributed by atoms with van der Waals surface area (Å²) in [6.45, 7) is 3.41. The van der Waals surface area contributed by atoms with Gasteiger partial charge in [0.05, 0.1) is 16.4 Å². The quantitative estimate of drug-likeness (QED) is 0.637. The number of carbonyl (C=O) groups excluding carboxylic acids is 1. The lowest BCUT2D eigenvalue weighted by atomic mass is 10.1. The van der Waals surface area contributed by atoms with Gasteiger partial charge in [0.1, 0.15) is 11.9 Å². The van der Waals surface area contributed by atoms with Crippen LogP contribution < -0.4 is 5.32 Å². The van der Waals surface area contributed by atoms with Crippen LogP contribution in [0, 0.1) is 34.1 Å². The van der Waals surface area contributed by atoms with Crippen molar-refractivity contribution in [3.63, 3.8) is 0 Å². The number of carbonyl (C=O) groups is 1. The van der Waals surface area contributed by atoms with Gasteiger partial charge in [-0.1, -0.05) is 0 Å². The van der Waals surface area contributed by atoms with Crippen LogP contribution in [0.15, 0.2) is 24.4 Å². The van der Waals surface area contributed by atoms with Crippen molar-refractivity contribution in [1.29, 1.82) is 0 Å². The number of rotatable bonds is 6. The predicted octanol–water partition coefficient (Wildman–Crippen LogP) is 2.35. The van der Waals surface area contributed by atoms with E-state index < -0.39 is 9.85 Å². The van der Waals surface area contributed by atoms with Crippen LogP contribution in [0.1, 0.15) is 17.7 Å².